The molecule has 1 rings (SSSR count). The van der Waals surface area contributed by atoms with Crippen molar-refractivity contribution in [1.29, 1.82) is 0 Å². The summed E-state index contributed by atoms with van der Waals surface area (Å²) >= 11 is 1.69. The zero-order chi connectivity index (χ0) is 8.81. The van der Waals surface area contributed by atoms with Crippen molar-refractivity contribution in [3.8, 4) is 0 Å². The molecule has 1 heterocycles. The highest BCUT2D eigenvalue weighted by atomic mass is 32.1. The Morgan fingerprint density at radius 1 is 1.75 bits per heavy atom. The molecule has 0 aliphatic heterocycles. The third-order valence-electron chi connectivity index (χ3n) is 1.68. The molecule has 0 aliphatic carbocycles. The molecule has 0 amide bonds. The molecule has 1 aromatic rings. The quantitative estimate of drug-likeness (QED) is 0.742. The molecule has 1 N–H and O–H groups in total. The number of nitrogens with one attached hydrogen (secondary N) is 1. The highest BCUT2D eigenvalue weighted by molar-refractivity contribution is 7.09. The van der Waals surface area contributed by atoms with E-state index < -0.39 is 0 Å². The number of likely N-dealkylation sites (N-methyl/N-ethyl adjacent to an activating group) is 1. The Morgan fingerprint density at radius 2 is 2.58 bits per heavy atom. The molecule has 12 heavy (non-hydrogen) atoms. The van der Waals surface area contributed by atoms with Crippen LogP contribution in [0.15, 0.2) is 11.6 Å². The minimum absolute atomic E-state index is 0.376. The second kappa shape index (κ2) is 5.24. The second-order valence-electron chi connectivity index (χ2n) is 2.57. The predicted molar refractivity (Wildman–Crippen MR) is 50.5 cm³/mol. The van der Waals surface area contributed by atoms with Crippen molar-refractivity contribution in [1.82, 2.24) is 10.3 Å². The summed E-state index contributed by atoms with van der Waals surface area (Å²) in [5.74, 6) is 0. The van der Waals surface area contributed by atoms with Crippen LogP contribution in [-0.2, 0) is 11.2 Å². The summed E-state index contributed by atoms with van der Waals surface area (Å²) in [6.07, 6.45) is 2.78. The predicted octanol–water partition coefficient (Wildman–Crippen LogP) is 0.920. The molecule has 0 radical (unpaired) electrons. The van der Waals surface area contributed by atoms with Gasteiger partial charge in [-0.05, 0) is 7.05 Å². The number of ether oxygens (including phenoxy) is 1. The van der Waals surface area contributed by atoms with Gasteiger partial charge in [0.1, 0.15) is 0 Å². The van der Waals surface area contributed by atoms with Gasteiger partial charge in [-0.25, -0.2) is 4.98 Å². The topological polar surface area (TPSA) is 34.1 Å². The maximum Gasteiger partial charge on any atom is 0.0941 e. The summed E-state index contributed by atoms with van der Waals surface area (Å²) in [7, 11) is 3.66. The highest BCUT2D eigenvalue weighted by Crippen LogP contribution is 2.06. The molecule has 0 fully saturated rings. The summed E-state index contributed by atoms with van der Waals surface area (Å²) in [6, 6.07) is 0.376. The SMILES string of the molecule is CNC(COC)Cc1nccs1. The standard InChI is InChI=1S/C8H14N2OS/c1-9-7(6-11-2)5-8-10-3-4-12-8/h3-4,7,9H,5-6H2,1-2H3. The lowest BCUT2D eigenvalue weighted by atomic mass is 10.2. The smallest absolute Gasteiger partial charge is 0.0941 e. The molecule has 0 aromatic carbocycles. The summed E-state index contributed by atoms with van der Waals surface area (Å²) in [4.78, 5) is 4.21. The minimum Gasteiger partial charge on any atom is -0.383 e. The van der Waals surface area contributed by atoms with Crippen LogP contribution in [0.25, 0.3) is 0 Å². The average Bonchev–Trinajstić information content (AvgIpc) is 2.56. The van der Waals surface area contributed by atoms with Crippen molar-refractivity contribution < 1.29 is 4.74 Å². The molecular formula is C8H14N2OS. The van der Waals surface area contributed by atoms with Gasteiger partial charge in [-0.1, -0.05) is 0 Å². The normalized spacial score (nSPS) is 13.2. The van der Waals surface area contributed by atoms with Crippen LogP contribution in [0, 0.1) is 0 Å². The Bertz CT molecular complexity index is 201. The second-order valence-corrected chi connectivity index (χ2v) is 3.55. The van der Waals surface area contributed by atoms with Crippen LogP contribution >= 0.6 is 11.3 Å². The van der Waals surface area contributed by atoms with Gasteiger partial charge < -0.3 is 10.1 Å². The van der Waals surface area contributed by atoms with E-state index in [1.807, 2.05) is 18.6 Å². The fraction of sp³-hybridized carbons (Fsp3) is 0.625. The number of hydrogen-bond donors (Lipinski definition) is 1. The lowest BCUT2D eigenvalue weighted by Gasteiger charge is -2.12. The fourth-order valence-electron chi connectivity index (χ4n) is 1.01. The van der Waals surface area contributed by atoms with Crippen LogP contribution in [0.2, 0.25) is 0 Å². The highest BCUT2D eigenvalue weighted by Gasteiger charge is 2.07. The van der Waals surface area contributed by atoms with Gasteiger partial charge in [0.2, 0.25) is 0 Å². The zero-order valence-corrected chi connectivity index (χ0v) is 8.23. The summed E-state index contributed by atoms with van der Waals surface area (Å²) < 4.78 is 5.06. The molecule has 0 bridgehead atoms. The van der Waals surface area contributed by atoms with Gasteiger partial charge in [0.25, 0.3) is 0 Å². The monoisotopic (exact) mass is 186 g/mol. The third kappa shape index (κ3) is 2.89. The van der Waals surface area contributed by atoms with E-state index in [9.17, 15) is 0 Å². The van der Waals surface area contributed by atoms with E-state index in [0.717, 1.165) is 18.0 Å². The molecule has 3 nitrogen and oxygen atoms in total. The summed E-state index contributed by atoms with van der Waals surface area (Å²) in [5.41, 5.74) is 0. The molecule has 0 saturated carbocycles. The van der Waals surface area contributed by atoms with Crippen LogP contribution in [0.1, 0.15) is 5.01 Å². The first-order chi connectivity index (χ1) is 5.86. The number of aromatic nitrogens is 1. The molecule has 0 spiro atoms. The third-order valence-corrected chi connectivity index (χ3v) is 2.48. The van der Waals surface area contributed by atoms with Crippen molar-refractivity contribution in [2.45, 2.75) is 12.5 Å². The van der Waals surface area contributed by atoms with Gasteiger partial charge in [0.15, 0.2) is 0 Å². The molecule has 1 atom stereocenters. The fourth-order valence-corrected chi connectivity index (χ4v) is 1.71. The number of thiazole rings is 1. The molecule has 0 saturated heterocycles. The van der Waals surface area contributed by atoms with E-state index in [0.29, 0.717) is 6.04 Å². The first-order valence-corrected chi connectivity index (χ1v) is 4.79. The number of rotatable bonds is 5. The van der Waals surface area contributed by atoms with Crippen LogP contribution in [-0.4, -0.2) is 31.8 Å². The molecule has 0 aliphatic rings. The van der Waals surface area contributed by atoms with Gasteiger partial charge in [-0.2, -0.15) is 0 Å². The summed E-state index contributed by atoms with van der Waals surface area (Å²) in [6.45, 7) is 0.732. The van der Waals surface area contributed by atoms with E-state index in [1.54, 1.807) is 18.4 Å². The van der Waals surface area contributed by atoms with Gasteiger partial charge >= 0.3 is 0 Å². The van der Waals surface area contributed by atoms with Gasteiger partial charge in [-0.3, -0.25) is 0 Å². The van der Waals surface area contributed by atoms with Crippen LogP contribution < -0.4 is 5.32 Å². The zero-order valence-electron chi connectivity index (χ0n) is 7.41. The van der Waals surface area contributed by atoms with Crippen molar-refractivity contribution in [2.75, 3.05) is 20.8 Å². The van der Waals surface area contributed by atoms with Gasteiger partial charge in [-0.15, -0.1) is 11.3 Å². The molecule has 68 valence electrons. The van der Waals surface area contributed by atoms with Crippen molar-refractivity contribution in [3.05, 3.63) is 16.6 Å². The first kappa shape index (κ1) is 9.64. The maximum absolute atomic E-state index is 5.06. The lowest BCUT2D eigenvalue weighted by Crippen LogP contribution is -2.31. The number of methoxy groups -OCH3 is 1. The van der Waals surface area contributed by atoms with E-state index in [2.05, 4.69) is 10.3 Å². The molecule has 1 unspecified atom stereocenters. The Morgan fingerprint density at radius 3 is 3.08 bits per heavy atom. The molecular weight excluding hydrogens is 172 g/mol. The van der Waals surface area contributed by atoms with Crippen LogP contribution in [0.4, 0.5) is 0 Å². The first-order valence-electron chi connectivity index (χ1n) is 3.91. The number of hydrogen-bond acceptors (Lipinski definition) is 4. The van der Waals surface area contributed by atoms with Crippen LogP contribution in [0.5, 0.6) is 0 Å². The van der Waals surface area contributed by atoms with Gasteiger partial charge in [0, 0.05) is 31.1 Å². The van der Waals surface area contributed by atoms with E-state index >= 15 is 0 Å². The Hall–Kier alpha value is -0.450. The summed E-state index contributed by atoms with van der Waals surface area (Å²) in [5, 5.41) is 6.34. The Balaban J connectivity index is 2.37. The van der Waals surface area contributed by atoms with E-state index in [-0.39, 0.29) is 0 Å². The maximum atomic E-state index is 5.06. The average molecular weight is 186 g/mol. The van der Waals surface area contributed by atoms with Crippen molar-refractivity contribution in [2.24, 2.45) is 0 Å². The van der Waals surface area contributed by atoms with Crippen LogP contribution in [0.3, 0.4) is 0 Å². The van der Waals surface area contributed by atoms with Gasteiger partial charge in [0.05, 0.1) is 11.6 Å². The van der Waals surface area contributed by atoms with Crippen molar-refractivity contribution in [3.63, 3.8) is 0 Å². The minimum atomic E-state index is 0.376. The molecule has 4 heteroatoms. The Labute approximate surface area is 76.8 Å². The number of nitrogens with zero attached hydrogens (tertiary/aromatic N) is 1. The van der Waals surface area contributed by atoms with E-state index in [1.165, 1.54) is 0 Å². The lowest BCUT2D eigenvalue weighted by molar-refractivity contribution is 0.169. The largest absolute Gasteiger partial charge is 0.383 e. The Kier molecular flexibility index (Phi) is 4.21. The molecule has 1 aromatic heterocycles. The van der Waals surface area contributed by atoms with Crippen molar-refractivity contribution >= 4 is 11.3 Å². The van der Waals surface area contributed by atoms with E-state index in [4.69, 9.17) is 4.74 Å².